The SMILES string of the molecule is C.C.C.C.CCC(CC(C)C(=O)OC1CC2CC1CC2=O)C(=O)OC(C)(C)C1CC2CC1CC2O. The van der Waals surface area contributed by atoms with Gasteiger partial charge in [-0.3, -0.25) is 14.4 Å². The van der Waals surface area contributed by atoms with Crippen LogP contribution < -0.4 is 0 Å². The van der Waals surface area contributed by atoms with E-state index in [9.17, 15) is 19.5 Å². The first-order chi connectivity index (χ1) is 14.6. The third kappa shape index (κ3) is 6.67. The van der Waals surface area contributed by atoms with Gasteiger partial charge >= 0.3 is 11.9 Å². The van der Waals surface area contributed by atoms with E-state index in [1.807, 2.05) is 27.7 Å². The third-order valence-electron chi connectivity index (χ3n) is 8.76. The van der Waals surface area contributed by atoms with Crippen LogP contribution >= 0.6 is 0 Å². The van der Waals surface area contributed by atoms with Gasteiger partial charge in [0, 0.05) is 24.2 Å². The minimum absolute atomic E-state index is 0. The van der Waals surface area contributed by atoms with E-state index in [2.05, 4.69) is 0 Å². The highest BCUT2D eigenvalue weighted by molar-refractivity contribution is 5.85. The van der Waals surface area contributed by atoms with Gasteiger partial charge in [0.15, 0.2) is 0 Å². The summed E-state index contributed by atoms with van der Waals surface area (Å²) in [5, 5.41) is 10.0. The molecule has 0 aliphatic heterocycles. The van der Waals surface area contributed by atoms with Crippen LogP contribution in [0.5, 0.6) is 0 Å². The summed E-state index contributed by atoms with van der Waals surface area (Å²) < 4.78 is 11.8. The standard InChI is InChI=1S/C25H38O6.4CH4/c1-5-14(6-13(2)23(28)30-22-12-17-8-18(22)11-21(17)27)24(29)31-25(3,4)19-9-16-7-15(19)10-20(16)26;;;;/h13-20,22,26H,5-12H2,1-4H3;4*1H4. The number of hydrogen-bond donors (Lipinski definition) is 1. The van der Waals surface area contributed by atoms with Gasteiger partial charge in [-0.1, -0.05) is 43.6 Å². The fraction of sp³-hybridized carbons (Fsp3) is 0.897. The second kappa shape index (κ2) is 12.7. The van der Waals surface area contributed by atoms with Crippen molar-refractivity contribution in [1.82, 2.24) is 0 Å². The Labute approximate surface area is 214 Å². The van der Waals surface area contributed by atoms with E-state index in [4.69, 9.17) is 9.47 Å². The lowest BCUT2D eigenvalue weighted by molar-refractivity contribution is -0.171. The number of hydrogen-bond acceptors (Lipinski definition) is 6. The number of aliphatic hydroxyl groups is 1. The van der Waals surface area contributed by atoms with Gasteiger partial charge in [0.05, 0.1) is 17.9 Å². The molecule has 6 heteroatoms. The molecular weight excluding hydrogens is 444 g/mol. The third-order valence-corrected chi connectivity index (χ3v) is 8.76. The number of carbonyl (C=O) groups excluding carboxylic acids is 3. The molecule has 0 aromatic heterocycles. The molecule has 4 aliphatic rings. The molecule has 4 bridgehead atoms. The Bertz CT molecular complexity index is 729. The Morgan fingerprint density at radius 3 is 2.09 bits per heavy atom. The van der Waals surface area contributed by atoms with E-state index in [-0.39, 0.29) is 83.4 Å². The van der Waals surface area contributed by atoms with E-state index in [1.165, 1.54) is 0 Å². The molecule has 1 N–H and O–H groups in total. The molecule has 4 fully saturated rings. The average molecular weight is 499 g/mol. The molecule has 4 aliphatic carbocycles. The number of ketones is 1. The molecule has 9 atom stereocenters. The maximum Gasteiger partial charge on any atom is 0.309 e. The largest absolute Gasteiger partial charge is 0.462 e. The number of ether oxygens (including phenoxy) is 2. The molecular formula is C29H54O6. The number of fused-ring (bicyclic) bond motifs is 4. The summed E-state index contributed by atoms with van der Waals surface area (Å²) in [6.07, 6.45) is 5.50. The summed E-state index contributed by atoms with van der Waals surface area (Å²) in [7, 11) is 0. The molecule has 0 aromatic rings. The van der Waals surface area contributed by atoms with Gasteiger partial charge in [0.2, 0.25) is 0 Å². The molecule has 0 radical (unpaired) electrons. The zero-order valence-corrected chi connectivity index (χ0v) is 19.3. The topological polar surface area (TPSA) is 89.9 Å². The highest BCUT2D eigenvalue weighted by Gasteiger charge is 2.52. The molecule has 206 valence electrons. The Morgan fingerprint density at radius 1 is 0.971 bits per heavy atom. The van der Waals surface area contributed by atoms with Gasteiger partial charge in [-0.25, -0.2) is 0 Å². The van der Waals surface area contributed by atoms with Gasteiger partial charge in [0.25, 0.3) is 0 Å². The van der Waals surface area contributed by atoms with Gasteiger partial charge in [-0.05, 0) is 70.6 Å². The van der Waals surface area contributed by atoms with Crippen molar-refractivity contribution in [2.45, 2.75) is 127 Å². The van der Waals surface area contributed by atoms with Gasteiger partial charge in [0.1, 0.15) is 17.5 Å². The van der Waals surface area contributed by atoms with E-state index in [0.717, 1.165) is 25.7 Å². The summed E-state index contributed by atoms with van der Waals surface area (Å²) in [6, 6.07) is 0. The summed E-state index contributed by atoms with van der Waals surface area (Å²) >= 11 is 0. The predicted molar refractivity (Wildman–Crippen MR) is 141 cm³/mol. The first kappa shape index (κ1) is 33.6. The van der Waals surface area contributed by atoms with Crippen molar-refractivity contribution >= 4 is 17.7 Å². The number of Topliss-reactive ketones (excluding diaryl/α,β-unsaturated/α-hetero) is 1. The molecule has 0 heterocycles. The summed E-state index contributed by atoms with van der Waals surface area (Å²) in [6.45, 7) is 7.75. The van der Waals surface area contributed by atoms with Crippen LogP contribution in [0.4, 0.5) is 0 Å². The minimum atomic E-state index is -0.566. The first-order valence-corrected chi connectivity index (χ1v) is 12.2. The van der Waals surface area contributed by atoms with Crippen LogP contribution in [-0.2, 0) is 23.9 Å². The predicted octanol–water partition coefficient (Wildman–Crippen LogP) is 6.22. The van der Waals surface area contributed by atoms with E-state index in [1.54, 1.807) is 0 Å². The normalized spacial score (nSPS) is 34.0. The second-order valence-corrected chi connectivity index (χ2v) is 11.2. The molecule has 0 saturated heterocycles. The average Bonchev–Trinajstić information content (AvgIpc) is 3.45. The molecule has 0 spiro atoms. The Morgan fingerprint density at radius 2 is 1.63 bits per heavy atom. The lowest BCUT2D eigenvalue weighted by Gasteiger charge is -2.38. The summed E-state index contributed by atoms with van der Waals surface area (Å²) in [4.78, 5) is 37.4. The van der Waals surface area contributed by atoms with Crippen molar-refractivity contribution in [2.24, 2.45) is 41.4 Å². The second-order valence-electron chi connectivity index (χ2n) is 11.2. The van der Waals surface area contributed by atoms with Crippen molar-refractivity contribution in [2.75, 3.05) is 0 Å². The van der Waals surface area contributed by atoms with Gasteiger partial charge in [-0.2, -0.15) is 0 Å². The Balaban J connectivity index is 0.00000289. The lowest BCUT2D eigenvalue weighted by Crippen LogP contribution is -2.42. The molecule has 4 rings (SSSR count). The van der Waals surface area contributed by atoms with Crippen LogP contribution in [0.2, 0.25) is 0 Å². The smallest absolute Gasteiger partial charge is 0.309 e. The first-order valence-electron chi connectivity index (χ1n) is 12.2. The van der Waals surface area contributed by atoms with Crippen LogP contribution in [0.25, 0.3) is 0 Å². The van der Waals surface area contributed by atoms with Crippen LogP contribution in [0, 0.1) is 41.4 Å². The molecule has 0 aromatic carbocycles. The Hall–Kier alpha value is -1.43. The fourth-order valence-electron chi connectivity index (χ4n) is 6.87. The number of rotatable bonds is 8. The monoisotopic (exact) mass is 498 g/mol. The van der Waals surface area contributed by atoms with Crippen molar-refractivity contribution in [1.29, 1.82) is 0 Å². The zero-order valence-electron chi connectivity index (χ0n) is 19.3. The van der Waals surface area contributed by atoms with Gasteiger partial charge < -0.3 is 14.6 Å². The van der Waals surface area contributed by atoms with E-state index in [0.29, 0.717) is 43.3 Å². The molecule has 4 saturated carbocycles. The van der Waals surface area contributed by atoms with Crippen LogP contribution in [0.1, 0.15) is 109 Å². The lowest BCUT2D eigenvalue weighted by atomic mass is 9.77. The molecule has 35 heavy (non-hydrogen) atoms. The zero-order chi connectivity index (χ0) is 22.5. The number of aliphatic hydroxyl groups excluding tert-OH is 1. The van der Waals surface area contributed by atoms with Crippen molar-refractivity contribution < 1.29 is 29.0 Å². The quantitative estimate of drug-likeness (QED) is 0.399. The van der Waals surface area contributed by atoms with Gasteiger partial charge in [-0.15, -0.1) is 0 Å². The van der Waals surface area contributed by atoms with E-state index < -0.39 is 5.60 Å². The molecule has 9 unspecified atom stereocenters. The Kier molecular flexibility index (Phi) is 12.2. The highest BCUT2D eigenvalue weighted by atomic mass is 16.6. The minimum Gasteiger partial charge on any atom is -0.462 e. The maximum atomic E-state index is 13.0. The number of carbonyl (C=O) groups is 3. The van der Waals surface area contributed by atoms with Crippen molar-refractivity contribution in [3.63, 3.8) is 0 Å². The fourth-order valence-corrected chi connectivity index (χ4v) is 6.87. The highest BCUT2D eigenvalue weighted by Crippen LogP contribution is 2.53. The van der Waals surface area contributed by atoms with Crippen molar-refractivity contribution in [3.05, 3.63) is 0 Å². The summed E-state index contributed by atoms with van der Waals surface area (Å²) in [5.41, 5.74) is -0.566. The summed E-state index contributed by atoms with van der Waals surface area (Å²) in [5.74, 6) is 0.389. The van der Waals surface area contributed by atoms with Crippen molar-refractivity contribution in [3.8, 4) is 0 Å². The van der Waals surface area contributed by atoms with E-state index >= 15 is 0 Å². The maximum absolute atomic E-state index is 13.0. The van der Waals surface area contributed by atoms with Crippen LogP contribution in [0.3, 0.4) is 0 Å². The van der Waals surface area contributed by atoms with Crippen LogP contribution in [-0.4, -0.2) is 40.6 Å². The van der Waals surface area contributed by atoms with Crippen LogP contribution in [0.15, 0.2) is 0 Å². The number of esters is 2. The molecule has 0 amide bonds. The molecule has 6 nitrogen and oxygen atoms in total.